The molecular weight excluding hydrogens is 268 g/mol. The highest BCUT2D eigenvalue weighted by Crippen LogP contribution is 2.30. The number of fused-ring (bicyclic) bond motifs is 1. The molecule has 2 aromatic rings. The van der Waals surface area contributed by atoms with Crippen LogP contribution in [0, 0.1) is 0 Å². The quantitative estimate of drug-likeness (QED) is 0.917. The molecule has 0 radical (unpaired) electrons. The van der Waals surface area contributed by atoms with Crippen LogP contribution in [0.5, 0.6) is 0 Å². The summed E-state index contributed by atoms with van der Waals surface area (Å²) in [5, 5.41) is 8.98. The second kappa shape index (κ2) is 5.47. The Morgan fingerprint density at radius 3 is 2.95 bits per heavy atom. The van der Waals surface area contributed by atoms with Gasteiger partial charge in [0, 0.05) is 36.3 Å². The molecule has 0 aliphatic heterocycles. The van der Waals surface area contributed by atoms with Crippen LogP contribution in [0.2, 0.25) is 0 Å². The van der Waals surface area contributed by atoms with Crippen molar-refractivity contribution in [2.45, 2.75) is 19.3 Å². The van der Waals surface area contributed by atoms with Crippen LogP contribution in [0.25, 0.3) is 11.4 Å². The average Bonchev–Trinajstić information content (AvgIpc) is 2.94. The summed E-state index contributed by atoms with van der Waals surface area (Å²) in [5.41, 5.74) is 2.94. The fourth-order valence-corrected chi connectivity index (χ4v) is 2.63. The van der Waals surface area contributed by atoms with Gasteiger partial charge in [-0.15, -0.1) is 0 Å². The maximum Gasteiger partial charge on any atom is 0.323 e. The minimum atomic E-state index is -0.870. The van der Waals surface area contributed by atoms with Gasteiger partial charge in [-0.3, -0.25) is 9.78 Å². The van der Waals surface area contributed by atoms with Crippen LogP contribution in [0.1, 0.15) is 17.7 Å². The maximum atomic E-state index is 10.9. The fourth-order valence-electron chi connectivity index (χ4n) is 2.63. The third-order valence-electron chi connectivity index (χ3n) is 3.57. The molecule has 2 aromatic heterocycles. The molecule has 6 nitrogen and oxygen atoms in total. The van der Waals surface area contributed by atoms with Crippen LogP contribution < -0.4 is 4.90 Å². The van der Waals surface area contributed by atoms with Crippen LogP contribution in [0.3, 0.4) is 0 Å². The molecule has 0 spiro atoms. The molecule has 6 heteroatoms. The zero-order valence-electron chi connectivity index (χ0n) is 11.8. The lowest BCUT2D eigenvalue weighted by Crippen LogP contribution is -2.27. The van der Waals surface area contributed by atoms with E-state index < -0.39 is 5.97 Å². The van der Waals surface area contributed by atoms with Crippen molar-refractivity contribution in [1.29, 1.82) is 0 Å². The molecule has 0 atom stereocenters. The van der Waals surface area contributed by atoms with Gasteiger partial charge in [0.1, 0.15) is 12.4 Å². The summed E-state index contributed by atoms with van der Waals surface area (Å²) in [6.07, 6.45) is 6.28. The predicted molar refractivity (Wildman–Crippen MR) is 78.2 cm³/mol. The molecule has 1 N–H and O–H groups in total. The Hall–Kier alpha value is -2.50. The van der Waals surface area contributed by atoms with Crippen molar-refractivity contribution in [3.8, 4) is 11.4 Å². The summed E-state index contributed by atoms with van der Waals surface area (Å²) in [4.78, 5) is 25.9. The standard InChI is InChI=1S/C15H16N4O2/c1-19(9-13(20)21)15-11-5-2-6-12(11)17-14(18-15)10-4-3-7-16-8-10/h3-4,7-8H,2,5-6,9H2,1H3,(H,20,21). The number of likely N-dealkylation sites (N-methyl/N-ethyl adjacent to an activating group) is 1. The molecule has 0 saturated carbocycles. The first-order valence-corrected chi connectivity index (χ1v) is 6.88. The molecule has 0 aromatic carbocycles. The third kappa shape index (κ3) is 2.69. The monoisotopic (exact) mass is 284 g/mol. The second-order valence-corrected chi connectivity index (χ2v) is 5.14. The van der Waals surface area contributed by atoms with Crippen molar-refractivity contribution in [3.05, 3.63) is 35.8 Å². The van der Waals surface area contributed by atoms with E-state index in [-0.39, 0.29) is 6.54 Å². The van der Waals surface area contributed by atoms with Gasteiger partial charge in [0.05, 0.1) is 0 Å². The number of carboxylic acid groups (broad SMARTS) is 1. The summed E-state index contributed by atoms with van der Waals surface area (Å²) in [6.45, 7) is -0.0735. The number of pyridine rings is 1. The van der Waals surface area contributed by atoms with Gasteiger partial charge in [0.15, 0.2) is 5.82 Å². The minimum Gasteiger partial charge on any atom is -0.480 e. The third-order valence-corrected chi connectivity index (χ3v) is 3.57. The Balaban J connectivity index is 2.07. The van der Waals surface area contributed by atoms with Gasteiger partial charge in [-0.05, 0) is 31.4 Å². The molecule has 21 heavy (non-hydrogen) atoms. The van der Waals surface area contributed by atoms with E-state index in [0.29, 0.717) is 5.82 Å². The lowest BCUT2D eigenvalue weighted by Gasteiger charge is -2.19. The van der Waals surface area contributed by atoms with E-state index in [1.54, 1.807) is 24.3 Å². The summed E-state index contributed by atoms with van der Waals surface area (Å²) in [5.74, 6) is 0.459. The van der Waals surface area contributed by atoms with Crippen LogP contribution >= 0.6 is 0 Å². The summed E-state index contributed by atoms with van der Waals surface area (Å²) in [7, 11) is 1.75. The molecule has 1 aliphatic carbocycles. The topological polar surface area (TPSA) is 79.2 Å². The number of nitrogens with zero attached hydrogens (tertiary/aromatic N) is 4. The van der Waals surface area contributed by atoms with Gasteiger partial charge in [-0.25, -0.2) is 9.97 Å². The average molecular weight is 284 g/mol. The van der Waals surface area contributed by atoms with E-state index in [4.69, 9.17) is 5.11 Å². The highest BCUT2D eigenvalue weighted by atomic mass is 16.4. The summed E-state index contributed by atoms with van der Waals surface area (Å²) < 4.78 is 0. The molecule has 0 unspecified atom stereocenters. The minimum absolute atomic E-state index is 0.0735. The maximum absolute atomic E-state index is 10.9. The molecule has 3 rings (SSSR count). The van der Waals surface area contributed by atoms with Crippen LogP contribution in [0.4, 0.5) is 5.82 Å². The first-order valence-electron chi connectivity index (χ1n) is 6.88. The Labute approximate surface area is 122 Å². The van der Waals surface area contributed by atoms with E-state index >= 15 is 0 Å². The highest BCUT2D eigenvalue weighted by molar-refractivity contribution is 5.74. The van der Waals surface area contributed by atoms with Crippen molar-refractivity contribution < 1.29 is 9.90 Å². The number of aromatic nitrogens is 3. The number of carbonyl (C=O) groups is 1. The molecule has 0 bridgehead atoms. The lowest BCUT2D eigenvalue weighted by atomic mass is 10.2. The molecule has 1 aliphatic rings. The van der Waals surface area contributed by atoms with Crippen LogP contribution in [-0.2, 0) is 17.6 Å². The van der Waals surface area contributed by atoms with Crippen LogP contribution in [0.15, 0.2) is 24.5 Å². The van der Waals surface area contributed by atoms with Gasteiger partial charge in [0.25, 0.3) is 0 Å². The molecule has 108 valence electrons. The van der Waals surface area contributed by atoms with Crippen molar-refractivity contribution in [1.82, 2.24) is 15.0 Å². The van der Waals surface area contributed by atoms with Gasteiger partial charge in [0.2, 0.25) is 0 Å². The normalized spacial score (nSPS) is 13.0. The Morgan fingerprint density at radius 2 is 2.24 bits per heavy atom. The zero-order chi connectivity index (χ0) is 14.8. The van der Waals surface area contributed by atoms with Gasteiger partial charge >= 0.3 is 5.97 Å². The highest BCUT2D eigenvalue weighted by Gasteiger charge is 2.22. The van der Waals surface area contributed by atoms with E-state index in [9.17, 15) is 4.79 Å². The number of anilines is 1. The Morgan fingerprint density at radius 1 is 1.38 bits per heavy atom. The number of hydrogen-bond donors (Lipinski definition) is 1. The van der Waals surface area contributed by atoms with E-state index in [0.717, 1.165) is 41.9 Å². The number of rotatable bonds is 4. The fraction of sp³-hybridized carbons (Fsp3) is 0.333. The molecule has 0 fully saturated rings. The number of aryl methyl sites for hydroxylation is 1. The zero-order valence-corrected chi connectivity index (χ0v) is 11.8. The molecule has 0 amide bonds. The van der Waals surface area contributed by atoms with E-state index in [2.05, 4.69) is 15.0 Å². The first-order chi connectivity index (χ1) is 10.1. The van der Waals surface area contributed by atoms with Crippen molar-refractivity contribution in [2.24, 2.45) is 0 Å². The first kappa shape index (κ1) is 13.5. The van der Waals surface area contributed by atoms with E-state index in [1.807, 2.05) is 12.1 Å². The molecule has 0 saturated heterocycles. The van der Waals surface area contributed by atoms with Gasteiger partial charge < -0.3 is 10.0 Å². The Kier molecular flexibility index (Phi) is 3.51. The predicted octanol–water partition coefficient (Wildman–Crippen LogP) is 1.55. The number of carboxylic acids is 1. The Bertz CT molecular complexity index is 673. The molecular formula is C15H16N4O2. The van der Waals surface area contributed by atoms with Crippen LogP contribution in [-0.4, -0.2) is 39.6 Å². The summed E-state index contributed by atoms with van der Waals surface area (Å²) in [6, 6.07) is 3.75. The van der Waals surface area contributed by atoms with Crippen molar-refractivity contribution >= 4 is 11.8 Å². The smallest absolute Gasteiger partial charge is 0.323 e. The second-order valence-electron chi connectivity index (χ2n) is 5.14. The molecule has 2 heterocycles. The summed E-state index contributed by atoms with van der Waals surface area (Å²) >= 11 is 0. The number of hydrogen-bond acceptors (Lipinski definition) is 5. The van der Waals surface area contributed by atoms with Gasteiger partial charge in [-0.1, -0.05) is 0 Å². The number of aliphatic carboxylic acids is 1. The largest absolute Gasteiger partial charge is 0.480 e. The van der Waals surface area contributed by atoms with Crippen molar-refractivity contribution in [3.63, 3.8) is 0 Å². The van der Waals surface area contributed by atoms with E-state index in [1.165, 1.54) is 0 Å². The van der Waals surface area contributed by atoms with Crippen molar-refractivity contribution in [2.75, 3.05) is 18.5 Å². The SMILES string of the molecule is CN(CC(=O)O)c1nc(-c2cccnc2)nc2c1CCC2. The lowest BCUT2D eigenvalue weighted by molar-refractivity contribution is -0.135. The van der Waals surface area contributed by atoms with Gasteiger partial charge in [-0.2, -0.15) is 0 Å².